The van der Waals surface area contributed by atoms with E-state index in [9.17, 15) is 23.4 Å². The first-order valence-electron chi connectivity index (χ1n) is 12.2. The quantitative estimate of drug-likeness (QED) is 0.304. The van der Waals surface area contributed by atoms with E-state index in [2.05, 4.69) is 15.5 Å². The zero-order valence-electron chi connectivity index (χ0n) is 21.2. The minimum atomic E-state index is -3.99. The summed E-state index contributed by atoms with van der Waals surface area (Å²) < 4.78 is 33.6. The minimum absolute atomic E-state index is 0.0300. The van der Waals surface area contributed by atoms with Gasteiger partial charge in [-0.3, -0.25) is 0 Å². The first-order valence-corrected chi connectivity index (χ1v) is 13.7. The number of aryl methyl sites for hydroxylation is 1. The van der Waals surface area contributed by atoms with Crippen molar-refractivity contribution in [1.82, 2.24) is 19.8 Å². The molecule has 200 valence electrons. The smallest absolute Gasteiger partial charge is 0.404 e. The minimum Gasteiger partial charge on any atom is -0.465 e. The van der Waals surface area contributed by atoms with E-state index in [0.717, 1.165) is 12.0 Å². The van der Waals surface area contributed by atoms with Gasteiger partial charge in [-0.25, -0.2) is 13.2 Å². The van der Waals surface area contributed by atoms with Gasteiger partial charge < -0.3 is 20.1 Å². The van der Waals surface area contributed by atoms with Crippen LogP contribution in [0.4, 0.5) is 4.79 Å². The maximum Gasteiger partial charge on any atom is 0.404 e. The molecule has 2 atom stereocenters. The zero-order valence-corrected chi connectivity index (χ0v) is 22.1. The van der Waals surface area contributed by atoms with Crippen LogP contribution in [0, 0.1) is 5.92 Å². The van der Waals surface area contributed by atoms with E-state index < -0.39 is 28.3 Å². The number of nitrogens with one attached hydrogen (secondary N) is 1. The molecule has 1 amide bonds. The predicted molar refractivity (Wildman–Crippen MR) is 138 cm³/mol. The number of carboxylic acid groups (broad SMARTS) is 1. The summed E-state index contributed by atoms with van der Waals surface area (Å²) in [4.78, 5) is 15.8. The Labute approximate surface area is 217 Å². The highest BCUT2D eigenvalue weighted by Crippen LogP contribution is 2.23. The highest BCUT2D eigenvalue weighted by atomic mass is 32.2. The second-order valence-corrected chi connectivity index (χ2v) is 11.3. The van der Waals surface area contributed by atoms with E-state index in [4.69, 9.17) is 4.52 Å². The highest BCUT2D eigenvalue weighted by molar-refractivity contribution is 7.89. The Kier molecular flexibility index (Phi) is 9.79. The maximum absolute atomic E-state index is 13.6. The molecule has 0 radical (unpaired) electrons. The van der Waals surface area contributed by atoms with Crippen LogP contribution in [-0.4, -0.2) is 64.4 Å². The van der Waals surface area contributed by atoms with Gasteiger partial charge in [0.05, 0.1) is 17.0 Å². The van der Waals surface area contributed by atoms with Crippen LogP contribution in [0.1, 0.15) is 38.6 Å². The number of aromatic nitrogens is 2. The molecule has 3 rings (SSSR count). The molecule has 3 N–H and O–H groups in total. The predicted octanol–water partition coefficient (Wildman–Crippen LogP) is 3.58. The van der Waals surface area contributed by atoms with Gasteiger partial charge in [0.1, 0.15) is 0 Å². The van der Waals surface area contributed by atoms with Crippen molar-refractivity contribution in [2.24, 2.45) is 5.92 Å². The van der Waals surface area contributed by atoms with Crippen molar-refractivity contribution in [3.05, 3.63) is 66.1 Å². The molecule has 0 aliphatic rings. The van der Waals surface area contributed by atoms with E-state index >= 15 is 0 Å². The lowest BCUT2D eigenvalue weighted by Crippen LogP contribution is -2.50. The number of nitrogens with zero attached hydrogens (tertiary/aromatic N) is 3. The Morgan fingerprint density at radius 3 is 2.35 bits per heavy atom. The van der Waals surface area contributed by atoms with Crippen LogP contribution in [0.5, 0.6) is 0 Å². The molecule has 0 saturated carbocycles. The third-order valence-electron chi connectivity index (χ3n) is 5.71. The Hall–Kier alpha value is -3.28. The second kappa shape index (κ2) is 12.8. The average molecular weight is 531 g/mol. The molecule has 11 heteroatoms. The molecule has 2 aromatic carbocycles. The van der Waals surface area contributed by atoms with Gasteiger partial charge in [-0.05, 0) is 48.6 Å². The molecule has 0 spiro atoms. The number of aliphatic hydroxyl groups excluding tert-OH is 1. The fourth-order valence-corrected chi connectivity index (χ4v) is 5.56. The molecule has 37 heavy (non-hydrogen) atoms. The monoisotopic (exact) mass is 530 g/mol. The molecule has 1 heterocycles. The lowest BCUT2D eigenvalue weighted by atomic mass is 10.0. The molecular weight excluding hydrogens is 496 g/mol. The van der Waals surface area contributed by atoms with Crippen molar-refractivity contribution in [2.75, 3.05) is 13.1 Å². The number of hydrogen-bond donors (Lipinski definition) is 3. The van der Waals surface area contributed by atoms with Gasteiger partial charge in [-0.2, -0.15) is 9.29 Å². The normalized spacial score (nSPS) is 13.6. The molecule has 0 fully saturated rings. The van der Waals surface area contributed by atoms with E-state index in [-0.39, 0.29) is 30.3 Å². The molecular formula is C26H34N4O6S. The Morgan fingerprint density at radius 2 is 1.76 bits per heavy atom. The molecule has 10 nitrogen and oxygen atoms in total. The fourth-order valence-electron chi connectivity index (χ4n) is 3.94. The van der Waals surface area contributed by atoms with E-state index in [1.54, 1.807) is 12.1 Å². The van der Waals surface area contributed by atoms with Gasteiger partial charge in [0.25, 0.3) is 0 Å². The summed E-state index contributed by atoms with van der Waals surface area (Å²) in [5, 5.41) is 26.6. The average Bonchev–Trinajstić information content (AvgIpc) is 3.32. The van der Waals surface area contributed by atoms with E-state index in [0.29, 0.717) is 23.7 Å². The first kappa shape index (κ1) is 28.3. The van der Waals surface area contributed by atoms with Gasteiger partial charge >= 0.3 is 6.09 Å². The maximum atomic E-state index is 13.6. The summed E-state index contributed by atoms with van der Waals surface area (Å²) in [5.74, 6) is 0.870. The van der Waals surface area contributed by atoms with Crippen molar-refractivity contribution in [3.8, 4) is 11.4 Å². The van der Waals surface area contributed by atoms with Crippen molar-refractivity contribution >= 4 is 16.1 Å². The molecule has 1 aromatic heterocycles. The Bertz CT molecular complexity index is 1250. The van der Waals surface area contributed by atoms with Crippen LogP contribution in [0.25, 0.3) is 11.4 Å². The summed E-state index contributed by atoms with van der Waals surface area (Å²) >= 11 is 0. The number of rotatable bonds is 13. The standard InChI is InChI=1S/C26H34N4O6S/c1-4-8-24-28-25(29-36-24)20-11-13-21(14-12-20)37(34,35)30(16-18(2)3)17-23(31)22(27-26(32)33)15-19-9-6-5-7-10-19/h5-7,9-14,18,22-23,27,31H,4,8,15-17H2,1-3H3,(H,32,33)/t22-,23+/m0/s1. The molecule has 0 bridgehead atoms. The molecule has 0 unspecified atom stereocenters. The van der Waals surface area contributed by atoms with Crippen LogP contribution in [-0.2, 0) is 22.9 Å². The lowest BCUT2D eigenvalue weighted by molar-refractivity contribution is 0.0980. The van der Waals surface area contributed by atoms with E-state index in [1.807, 2.05) is 51.1 Å². The van der Waals surface area contributed by atoms with Crippen LogP contribution < -0.4 is 5.32 Å². The summed E-state index contributed by atoms with van der Waals surface area (Å²) in [5.41, 5.74) is 1.44. The van der Waals surface area contributed by atoms with Crippen LogP contribution in [0.2, 0.25) is 0 Å². The molecule has 3 aromatic rings. The third-order valence-corrected chi connectivity index (χ3v) is 7.56. The fraction of sp³-hybridized carbons (Fsp3) is 0.423. The second-order valence-electron chi connectivity index (χ2n) is 9.32. The van der Waals surface area contributed by atoms with Crippen molar-refractivity contribution in [2.45, 2.75) is 57.1 Å². The van der Waals surface area contributed by atoms with Gasteiger partial charge in [0.15, 0.2) is 0 Å². The lowest BCUT2D eigenvalue weighted by Gasteiger charge is -2.30. The number of aliphatic hydroxyl groups is 1. The van der Waals surface area contributed by atoms with Gasteiger partial charge in [-0.15, -0.1) is 0 Å². The summed E-state index contributed by atoms with van der Waals surface area (Å²) in [6.45, 7) is 5.63. The molecule has 0 saturated heterocycles. The van der Waals surface area contributed by atoms with Crippen LogP contribution in [0.15, 0.2) is 64.0 Å². The Morgan fingerprint density at radius 1 is 1.08 bits per heavy atom. The number of hydrogen-bond acceptors (Lipinski definition) is 7. The molecule has 0 aliphatic heterocycles. The topological polar surface area (TPSA) is 146 Å². The van der Waals surface area contributed by atoms with Gasteiger partial charge in [0, 0.05) is 25.1 Å². The highest BCUT2D eigenvalue weighted by Gasteiger charge is 2.31. The van der Waals surface area contributed by atoms with Crippen LogP contribution in [0.3, 0.4) is 0 Å². The van der Waals surface area contributed by atoms with Crippen molar-refractivity contribution < 1.29 is 27.9 Å². The summed E-state index contributed by atoms with van der Waals surface area (Å²) in [7, 11) is -3.99. The number of sulfonamides is 1. The van der Waals surface area contributed by atoms with E-state index in [1.165, 1.54) is 16.4 Å². The number of amides is 1. The summed E-state index contributed by atoms with van der Waals surface area (Å²) in [6, 6.07) is 14.4. The third kappa shape index (κ3) is 7.85. The number of benzene rings is 2. The van der Waals surface area contributed by atoms with Gasteiger partial charge in [0.2, 0.25) is 21.7 Å². The zero-order chi connectivity index (χ0) is 27.0. The van der Waals surface area contributed by atoms with Crippen LogP contribution >= 0.6 is 0 Å². The van der Waals surface area contributed by atoms with Crippen molar-refractivity contribution in [3.63, 3.8) is 0 Å². The van der Waals surface area contributed by atoms with Gasteiger partial charge in [-0.1, -0.05) is 56.3 Å². The Balaban J connectivity index is 1.82. The SMILES string of the molecule is CCCc1nc(-c2ccc(S(=O)(=O)N(CC(C)C)C[C@@H](O)[C@H](Cc3ccccc3)NC(=O)O)cc2)no1. The van der Waals surface area contributed by atoms with Crippen molar-refractivity contribution in [1.29, 1.82) is 0 Å². The molecule has 0 aliphatic carbocycles. The number of carbonyl (C=O) groups is 1. The largest absolute Gasteiger partial charge is 0.465 e. The first-order chi connectivity index (χ1) is 17.6. The summed E-state index contributed by atoms with van der Waals surface area (Å²) in [6.07, 6.45) is -0.834.